The molecule has 2 N–H and O–H groups in total. The summed E-state index contributed by atoms with van der Waals surface area (Å²) in [5, 5.41) is 0. The minimum Gasteiger partial charge on any atom is -0.398 e. The topological polar surface area (TPSA) is 63.4 Å². The van der Waals surface area contributed by atoms with Crippen LogP contribution in [0.4, 0.5) is 5.69 Å². The summed E-state index contributed by atoms with van der Waals surface area (Å²) in [4.78, 5) is 0.210. The SMILES string of the molecule is CCC1CCCN(S(=O)(=O)c2cc(Br)ccc2N)CC1. The molecule has 1 aromatic rings. The molecule has 1 aromatic carbocycles. The molecule has 112 valence electrons. The Kier molecular flexibility index (Phi) is 5.09. The zero-order valence-electron chi connectivity index (χ0n) is 11.7. The number of rotatable bonds is 3. The van der Waals surface area contributed by atoms with Gasteiger partial charge in [0.05, 0.1) is 5.69 Å². The molecule has 2 rings (SSSR count). The molecule has 1 unspecified atom stereocenters. The Hall–Kier alpha value is -0.590. The number of hydrogen-bond acceptors (Lipinski definition) is 3. The van der Waals surface area contributed by atoms with Crippen LogP contribution in [0.1, 0.15) is 32.6 Å². The van der Waals surface area contributed by atoms with E-state index < -0.39 is 10.0 Å². The van der Waals surface area contributed by atoms with Gasteiger partial charge < -0.3 is 5.73 Å². The second-order valence-corrected chi connectivity index (χ2v) is 8.11. The van der Waals surface area contributed by atoms with E-state index in [-0.39, 0.29) is 4.90 Å². The van der Waals surface area contributed by atoms with Crippen LogP contribution in [-0.4, -0.2) is 25.8 Å². The van der Waals surface area contributed by atoms with Gasteiger partial charge in [-0.15, -0.1) is 0 Å². The van der Waals surface area contributed by atoms with Gasteiger partial charge >= 0.3 is 0 Å². The fourth-order valence-electron chi connectivity index (χ4n) is 2.66. The predicted molar refractivity (Wildman–Crippen MR) is 84.9 cm³/mol. The van der Waals surface area contributed by atoms with Crippen molar-refractivity contribution in [3.63, 3.8) is 0 Å². The first-order valence-corrected chi connectivity index (χ1v) is 9.23. The second kappa shape index (κ2) is 6.45. The largest absolute Gasteiger partial charge is 0.398 e. The van der Waals surface area contributed by atoms with E-state index in [1.165, 1.54) is 0 Å². The molecule has 1 atom stereocenters. The first-order valence-electron chi connectivity index (χ1n) is 7.00. The molecule has 0 saturated carbocycles. The Labute approximate surface area is 129 Å². The van der Waals surface area contributed by atoms with Gasteiger partial charge in [0.1, 0.15) is 4.90 Å². The highest BCUT2D eigenvalue weighted by atomic mass is 79.9. The molecule has 1 fully saturated rings. The molecule has 1 aliphatic heterocycles. The van der Waals surface area contributed by atoms with Crippen LogP contribution in [0.15, 0.2) is 27.6 Å². The average Bonchev–Trinajstić information content (AvgIpc) is 2.67. The van der Waals surface area contributed by atoms with Gasteiger partial charge in [-0.2, -0.15) is 4.31 Å². The normalized spacial score (nSPS) is 21.6. The van der Waals surface area contributed by atoms with Gasteiger partial charge in [-0.05, 0) is 43.4 Å². The summed E-state index contributed by atoms with van der Waals surface area (Å²) in [5.41, 5.74) is 6.16. The van der Waals surface area contributed by atoms with Crippen LogP contribution in [0, 0.1) is 5.92 Å². The molecule has 1 saturated heterocycles. The van der Waals surface area contributed by atoms with Gasteiger partial charge in [-0.25, -0.2) is 8.42 Å². The Morgan fingerprint density at radius 1 is 1.35 bits per heavy atom. The van der Waals surface area contributed by atoms with Crippen molar-refractivity contribution in [1.29, 1.82) is 0 Å². The summed E-state index contributed by atoms with van der Waals surface area (Å²) in [7, 11) is -3.49. The predicted octanol–water partition coefficient (Wildman–Crippen LogP) is 3.23. The van der Waals surface area contributed by atoms with E-state index in [0.29, 0.717) is 24.7 Å². The Bertz CT molecular complexity index is 575. The molecule has 1 heterocycles. The maximum Gasteiger partial charge on any atom is 0.245 e. The lowest BCUT2D eigenvalue weighted by atomic mass is 9.98. The maximum absolute atomic E-state index is 12.7. The van der Waals surface area contributed by atoms with Crippen molar-refractivity contribution >= 4 is 31.6 Å². The minimum atomic E-state index is -3.49. The van der Waals surface area contributed by atoms with Gasteiger partial charge in [0, 0.05) is 17.6 Å². The van der Waals surface area contributed by atoms with Crippen LogP contribution in [-0.2, 0) is 10.0 Å². The number of anilines is 1. The van der Waals surface area contributed by atoms with Crippen molar-refractivity contribution in [1.82, 2.24) is 4.31 Å². The van der Waals surface area contributed by atoms with Crippen molar-refractivity contribution in [2.24, 2.45) is 5.92 Å². The monoisotopic (exact) mass is 360 g/mol. The van der Waals surface area contributed by atoms with Crippen molar-refractivity contribution < 1.29 is 8.42 Å². The van der Waals surface area contributed by atoms with Crippen LogP contribution in [0.25, 0.3) is 0 Å². The van der Waals surface area contributed by atoms with Crippen molar-refractivity contribution in [3.05, 3.63) is 22.7 Å². The highest BCUT2D eigenvalue weighted by molar-refractivity contribution is 9.10. The van der Waals surface area contributed by atoms with Crippen LogP contribution in [0.3, 0.4) is 0 Å². The summed E-state index contributed by atoms with van der Waals surface area (Å²) in [6, 6.07) is 4.97. The summed E-state index contributed by atoms with van der Waals surface area (Å²) in [6.07, 6.45) is 4.08. The van der Waals surface area contributed by atoms with E-state index in [9.17, 15) is 8.42 Å². The highest BCUT2D eigenvalue weighted by Crippen LogP contribution is 2.29. The Morgan fingerprint density at radius 3 is 2.80 bits per heavy atom. The number of nitrogens with two attached hydrogens (primary N) is 1. The minimum absolute atomic E-state index is 0.210. The molecule has 0 amide bonds. The average molecular weight is 361 g/mol. The molecule has 0 aromatic heterocycles. The Balaban J connectivity index is 2.28. The van der Waals surface area contributed by atoms with E-state index in [1.54, 1.807) is 22.5 Å². The zero-order valence-corrected chi connectivity index (χ0v) is 14.1. The smallest absolute Gasteiger partial charge is 0.245 e. The lowest BCUT2D eigenvalue weighted by Gasteiger charge is -2.21. The summed E-state index contributed by atoms with van der Waals surface area (Å²) >= 11 is 3.31. The molecule has 4 nitrogen and oxygen atoms in total. The molecule has 0 bridgehead atoms. The number of hydrogen-bond donors (Lipinski definition) is 1. The summed E-state index contributed by atoms with van der Waals surface area (Å²) in [5.74, 6) is 0.634. The van der Waals surface area contributed by atoms with Crippen LogP contribution < -0.4 is 5.73 Å². The van der Waals surface area contributed by atoms with E-state index >= 15 is 0 Å². The fraction of sp³-hybridized carbons (Fsp3) is 0.571. The first-order chi connectivity index (χ1) is 9.45. The van der Waals surface area contributed by atoms with Gasteiger partial charge in [0.15, 0.2) is 0 Å². The molecule has 1 aliphatic rings. The van der Waals surface area contributed by atoms with Gasteiger partial charge in [0.2, 0.25) is 10.0 Å². The van der Waals surface area contributed by atoms with Gasteiger partial charge in [0.25, 0.3) is 0 Å². The molecule has 0 aliphatic carbocycles. The van der Waals surface area contributed by atoms with E-state index in [2.05, 4.69) is 22.9 Å². The number of sulfonamides is 1. The van der Waals surface area contributed by atoms with E-state index in [0.717, 1.165) is 30.2 Å². The van der Waals surface area contributed by atoms with E-state index in [4.69, 9.17) is 5.73 Å². The third-order valence-electron chi connectivity index (χ3n) is 3.98. The molecular formula is C14H21BrN2O2S. The van der Waals surface area contributed by atoms with Crippen molar-refractivity contribution in [2.45, 2.75) is 37.5 Å². The standard InChI is InChI=1S/C14H21BrN2O2S/c1-2-11-4-3-8-17(9-7-11)20(18,19)14-10-12(15)5-6-13(14)16/h5-6,10-11H,2-4,7-9,16H2,1H3. The van der Waals surface area contributed by atoms with Gasteiger partial charge in [-0.3, -0.25) is 0 Å². The zero-order chi connectivity index (χ0) is 14.8. The van der Waals surface area contributed by atoms with Crippen LogP contribution in [0.2, 0.25) is 0 Å². The van der Waals surface area contributed by atoms with E-state index in [1.807, 2.05) is 0 Å². The molecule has 6 heteroatoms. The molecular weight excluding hydrogens is 340 g/mol. The molecule has 0 spiro atoms. The third-order valence-corrected chi connectivity index (χ3v) is 6.43. The second-order valence-electron chi connectivity index (χ2n) is 5.29. The van der Waals surface area contributed by atoms with Crippen LogP contribution >= 0.6 is 15.9 Å². The molecule has 0 radical (unpaired) electrons. The number of nitrogen functional groups attached to an aromatic ring is 1. The van der Waals surface area contributed by atoms with Crippen molar-refractivity contribution in [3.8, 4) is 0 Å². The van der Waals surface area contributed by atoms with Crippen LogP contribution in [0.5, 0.6) is 0 Å². The lowest BCUT2D eigenvalue weighted by molar-refractivity contribution is 0.407. The third kappa shape index (κ3) is 3.35. The van der Waals surface area contributed by atoms with Crippen molar-refractivity contribution in [2.75, 3.05) is 18.8 Å². The fourth-order valence-corrected chi connectivity index (χ4v) is 4.81. The Morgan fingerprint density at radius 2 is 2.10 bits per heavy atom. The number of benzene rings is 1. The lowest BCUT2D eigenvalue weighted by Crippen LogP contribution is -2.32. The summed E-state index contributed by atoms with van der Waals surface area (Å²) < 4.78 is 27.8. The van der Waals surface area contributed by atoms with Gasteiger partial charge in [-0.1, -0.05) is 29.3 Å². The quantitative estimate of drug-likeness (QED) is 0.841. The molecule has 20 heavy (non-hydrogen) atoms. The number of halogens is 1. The summed E-state index contributed by atoms with van der Waals surface area (Å²) in [6.45, 7) is 3.35. The first kappa shape index (κ1) is 15.8. The maximum atomic E-state index is 12.7. The highest BCUT2D eigenvalue weighted by Gasteiger charge is 2.28. The number of nitrogens with zero attached hydrogens (tertiary/aromatic N) is 1.